The molecule has 2 nitrogen and oxygen atoms in total. The molecule has 1 aliphatic rings. The van der Waals surface area contributed by atoms with Gasteiger partial charge in [-0.25, -0.2) is 0 Å². The molecule has 1 saturated heterocycles. The topological polar surface area (TPSA) is 21.3 Å². The van der Waals surface area contributed by atoms with Crippen molar-refractivity contribution >= 4 is 0 Å². The first-order chi connectivity index (χ1) is 6.24. The van der Waals surface area contributed by atoms with Gasteiger partial charge in [0.2, 0.25) is 0 Å². The molecule has 1 aliphatic heterocycles. The summed E-state index contributed by atoms with van der Waals surface area (Å²) in [6, 6.07) is 0.574. The molecule has 0 aromatic heterocycles. The van der Waals surface area contributed by atoms with E-state index in [0.29, 0.717) is 12.1 Å². The minimum Gasteiger partial charge on any atom is -0.377 e. The Labute approximate surface area is 82.0 Å². The summed E-state index contributed by atoms with van der Waals surface area (Å²) in [5.41, 5.74) is 0. The van der Waals surface area contributed by atoms with Crippen LogP contribution >= 0.6 is 0 Å². The molecule has 2 unspecified atom stereocenters. The fourth-order valence-electron chi connectivity index (χ4n) is 1.85. The van der Waals surface area contributed by atoms with Gasteiger partial charge in [0.25, 0.3) is 0 Å². The van der Waals surface area contributed by atoms with Crippen LogP contribution in [0.1, 0.15) is 40.0 Å². The van der Waals surface area contributed by atoms with E-state index in [1.165, 1.54) is 19.3 Å². The second-order valence-corrected chi connectivity index (χ2v) is 4.37. The number of hydrogen-bond donors (Lipinski definition) is 1. The molecule has 2 heteroatoms. The molecule has 0 saturated carbocycles. The second-order valence-electron chi connectivity index (χ2n) is 4.37. The van der Waals surface area contributed by atoms with Gasteiger partial charge in [0.15, 0.2) is 0 Å². The van der Waals surface area contributed by atoms with Gasteiger partial charge in [0, 0.05) is 12.6 Å². The van der Waals surface area contributed by atoms with Crippen LogP contribution in [0, 0.1) is 5.92 Å². The highest BCUT2D eigenvalue weighted by Gasteiger charge is 2.23. The van der Waals surface area contributed by atoms with E-state index in [2.05, 4.69) is 26.1 Å². The zero-order valence-corrected chi connectivity index (χ0v) is 9.18. The molecule has 1 N–H and O–H groups in total. The van der Waals surface area contributed by atoms with Gasteiger partial charge >= 0.3 is 0 Å². The summed E-state index contributed by atoms with van der Waals surface area (Å²) in [5.74, 6) is 0.732. The van der Waals surface area contributed by atoms with Gasteiger partial charge in [0.05, 0.1) is 6.10 Å². The predicted molar refractivity (Wildman–Crippen MR) is 55.9 cm³/mol. The van der Waals surface area contributed by atoms with Gasteiger partial charge in [-0.3, -0.25) is 0 Å². The lowest BCUT2D eigenvalue weighted by atomic mass is 10.0. The van der Waals surface area contributed by atoms with Gasteiger partial charge in [0.1, 0.15) is 0 Å². The molecule has 0 spiro atoms. The lowest BCUT2D eigenvalue weighted by molar-refractivity contribution is 0.0761. The summed E-state index contributed by atoms with van der Waals surface area (Å²) in [7, 11) is 0. The van der Waals surface area contributed by atoms with Crippen LogP contribution in [0.3, 0.4) is 0 Å². The largest absolute Gasteiger partial charge is 0.377 e. The third-order valence-corrected chi connectivity index (χ3v) is 2.64. The Hall–Kier alpha value is -0.0800. The normalized spacial score (nSPS) is 25.4. The van der Waals surface area contributed by atoms with Crippen molar-refractivity contribution < 1.29 is 4.74 Å². The van der Waals surface area contributed by atoms with E-state index in [-0.39, 0.29) is 0 Å². The molecule has 0 radical (unpaired) electrons. The van der Waals surface area contributed by atoms with Crippen LogP contribution < -0.4 is 5.32 Å². The van der Waals surface area contributed by atoms with Crippen molar-refractivity contribution in [2.24, 2.45) is 5.92 Å². The van der Waals surface area contributed by atoms with Gasteiger partial charge in [-0.2, -0.15) is 0 Å². The summed E-state index contributed by atoms with van der Waals surface area (Å²) >= 11 is 0. The maximum Gasteiger partial charge on any atom is 0.0728 e. The fraction of sp³-hybridized carbons (Fsp3) is 1.00. The molecule has 1 rings (SSSR count). The van der Waals surface area contributed by atoms with E-state index in [9.17, 15) is 0 Å². The monoisotopic (exact) mass is 185 g/mol. The minimum absolute atomic E-state index is 0.476. The van der Waals surface area contributed by atoms with Gasteiger partial charge in [-0.15, -0.1) is 0 Å². The number of ether oxygens (including phenoxy) is 1. The molecule has 0 aromatic carbocycles. The molecule has 13 heavy (non-hydrogen) atoms. The van der Waals surface area contributed by atoms with Crippen molar-refractivity contribution in [1.82, 2.24) is 5.32 Å². The Kier molecular flexibility index (Phi) is 4.74. The molecule has 2 atom stereocenters. The Bertz CT molecular complexity index is 130. The summed E-state index contributed by atoms with van der Waals surface area (Å²) in [6.07, 6.45) is 4.13. The third-order valence-electron chi connectivity index (χ3n) is 2.64. The van der Waals surface area contributed by atoms with E-state index < -0.39 is 0 Å². The lowest BCUT2D eigenvalue weighted by Gasteiger charge is -2.23. The fourth-order valence-corrected chi connectivity index (χ4v) is 1.85. The molecule has 1 heterocycles. The quantitative estimate of drug-likeness (QED) is 0.709. The summed E-state index contributed by atoms with van der Waals surface area (Å²) in [4.78, 5) is 0. The highest BCUT2D eigenvalue weighted by Crippen LogP contribution is 2.17. The predicted octanol–water partition coefficient (Wildman–Crippen LogP) is 2.19. The maximum atomic E-state index is 5.68. The molecular weight excluding hydrogens is 162 g/mol. The van der Waals surface area contributed by atoms with Crippen molar-refractivity contribution in [1.29, 1.82) is 0 Å². The van der Waals surface area contributed by atoms with E-state index >= 15 is 0 Å². The Morgan fingerprint density at radius 3 is 2.69 bits per heavy atom. The average Bonchev–Trinajstić information content (AvgIpc) is 2.58. The maximum absolute atomic E-state index is 5.68. The highest BCUT2D eigenvalue weighted by molar-refractivity contribution is 4.79. The van der Waals surface area contributed by atoms with Crippen molar-refractivity contribution in [2.45, 2.75) is 52.2 Å². The van der Waals surface area contributed by atoms with E-state index in [1.807, 2.05) is 0 Å². The first-order valence-corrected chi connectivity index (χ1v) is 5.59. The van der Waals surface area contributed by atoms with Crippen LogP contribution in [-0.2, 0) is 4.74 Å². The second kappa shape index (κ2) is 5.61. The first-order valence-electron chi connectivity index (χ1n) is 5.59. The average molecular weight is 185 g/mol. The number of hydrogen-bond acceptors (Lipinski definition) is 2. The van der Waals surface area contributed by atoms with Crippen molar-refractivity contribution in [3.8, 4) is 0 Å². The standard InChI is InChI=1S/C11H23NO/c1-4-10(12-8-9(2)3)11-6-5-7-13-11/h9-12H,4-8H2,1-3H3. The number of nitrogens with one attached hydrogen (secondary N) is 1. The Morgan fingerprint density at radius 2 is 2.23 bits per heavy atom. The molecule has 0 bridgehead atoms. The molecule has 1 fully saturated rings. The van der Waals surface area contributed by atoms with Gasteiger partial charge < -0.3 is 10.1 Å². The van der Waals surface area contributed by atoms with Crippen molar-refractivity contribution in [3.05, 3.63) is 0 Å². The summed E-state index contributed by atoms with van der Waals surface area (Å²) < 4.78 is 5.68. The molecule has 0 aromatic rings. The van der Waals surface area contributed by atoms with E-state index in [4.69, 9.17) is 4.74 Å². The lowest BCUT2D eigenvalue weighted by Crippen LogP contribution is -2.40. The molecule has 78 valence electrons. The number of rotatable bonds is 5. The minimum atomic E-state index is 0.476. The van der Waals surface area contributed by atoms with Crippen LogP contribution in [0.2, 0.25) is 0 Å². The molecular formula is C11H23NO. The van der Waals surface area contributed by atoms with Crippen LogP contribution in [0.25, 0.3) is 0 Å². The van der Waals surface area contributed by atoms with E-state index in [0.717, 1.165) is 19.1 Å². The van der Waals surface area contributed by atoms with Crippen LogP contribution in [0.5, 0.6) is 0 Å². The van der Waals surface area contributed by atoms with Crippen molar-refractivity contribution in [3.63, 3.8) is 0 Å². The zero-order valence-electron chi connectivity index (χ0n) is 9.18. The van der Waals surface area contributed by atoms with Crippen LogP contribution in [0.15, 0.2) is 0 Å². The summed E-state index contributed by atoms with van der Waals surface area (Å²) in [5, 5.41) is 3.59. The third kappa shape index (κ3) is 3.65. The van der Waals surface area contributed by atoms with Crippen LogP contribution in [0.4, 0.5) is 0 Å². The SMILES string of the molecule is CCC(NCC(C)C)C1CCCO1. The van der Waals surface area contributed by atoms with Crippen molar-refractivity contribution in [2.75, 3.05) is 13.2 Å². The smallest absolute Gasteiger partial charge is 0.0728 e. The van der Waals surface area contributed by atoms with E-state index in [1.54, 1.807) is 0 Å². The first kappa shape index (κ1) is 11.0. The molecule has 0 aliphatic carbocycles. The highest BCUT2D eigenvalue weighted by atomic mass is 16.5. The molecule has 0 amide bonds. The van der Waals surface area contributed by atoms with Crippen LogP contribution in [-0.4, -0.2) is 25.3 Å². The Morgan fingerprint density at radius 1 is 1.46 bits per heavy atom. The van der Waals surface area contributed by atoms with Gasteiger partial charge in [-0.05, 0) is 31.7 Å². The summed E-state index contributed by atoms with van der Waals surface area (Å²) in [6.45, 7) is 8.80. The van der Waals surface area contributed by atoms with Gasteiger partial charge in [-0.1, -0.05) is 20.8 Å². The zero-order chi connectivity index (χ0) is 9.68. The Balaban J connectivity index is 2.24.